The molecule has 0 saturated heterocycles. The first-order valence-electron chi connectivity index (χ1n) is 5.82. The maximum atomic E-state index is 5.64. The van der Waals surface area contributed by atoms with Gasteiger partial charge in [0, 0.05) is 23.1 Å². The number of benzene rings is 1. The van der Waals surface area contributed by atoms with Gasteiger partial charge in [0.15, 0.2) is 0 Å². The molecule has 1 aliphatic rings. The van der Waals surface area contributed by atoms with Gasteiger partial charge in [-0.3, -0.25) is 0 Å². The van der Waals surface area contributed by atoms with Crippen LogP contribution in [0.2, 0.25) is 0 Å². The van der Waals surface area contributed by atoms with E-state index in [1.165, 1.54) is 18.5 Å². The van der Waals surface area contributed by atoms with Gasteiger partial charge in [-0.1, -0.05) is 22.0 Å². The lowest BCUT2D eigenvalue weighted by molar-refractivity contribution is 0.835. The summed E-state index contributed by atoms with van der Waals surface area (Å²) >= 11 is 3.53. The number of aromatic nitrogens is 2. The van der Waals surface area contributed by atoms with Gasteiger partial charge in [-0.2, -0.15) is 5.10 Å². The van der Waals surface area contributed by atoms with Gasteiger partial charge < -0.3 is 5.73 Å². The predicted octanol–water partition coefficient (Wildman–Crippen LogP) is 2.97. The summed E-state index contributed by atoms with van der Waals surface area (Å²) in [5, 5.41) is 4.60. The van der Waals surface area contributed by atoms with E-state index in [1.54, 1.807) is 0 Å². The van der Waals surface area contributed by atoms with Gasteiger partial charge in [-0.05, 0) is 36.6 Å². The van der Waals surface area contributed by atoms with Crippen molar-refractivity contribution in [3.05, 3.63) is 46.2 Å². The van der Waals surface area contributed by atoms with E-state index in [0.29, 0.717) is 12.5 Å². The highest BCUT2D eigenvalue weighted by Crippen LogP contribution is 2.39. The van der Waals surface area contributed by atoms with E-state index in [0.717, 1.165) is 15.7 Å². The molecule has 0 radical (unpaired) electrons. The molecule has 1 heterocycles. The summed E-state index contributed by atoms with van der Waals surface area (Å²) in [4.78, 5) is 0. The van der Waals surface area contributed by atoms with Crippen LogP contribution < -0.4 is 5.73 Å². The molecule has 2 aromatic rings. The van der Waals surface area contributed by atoms with Crippen LogP contribution in [-0.4, -0.2) is 9.78 Å². The van der Waals surface area contributed by atoms with Gasteiger partial charge >= 0.3 is 0 Å². The fourth-order valence-electron chi connectivity index (χ4n) is 1.92. The van der Waals surface area contributed by atoms with Crippen molar-refractivity contribution in [3.63, 3.8) is 0 Å². The molecular formula is C13H14BrN3. The summed E-state index contributed by atoms with van der Waals surface area (Å²) in [5.41, 5.74) is 9.04. The van der Waals surface area contributed by atoms with Crippen LogP contribution in [0.4, 0.5) is 0 Å². The lowest BCUT2D eigenvalue weighted by atomic mass is 10.2. The highest BCUT2D eigenvalue weighted by atomic mass is 79.9. The average Bonchev–Trinajstić information content (AvgIpc) is 3.07. The van der Waals surface area contributed by atoms with E-state index < -0.39 is 0 Å². The van der Waals surface area contributed by atoms with Crippen LogP contribution >= 0.6 is 15.9 Å². The van der Waals surface area contributed by atoms with Gasteiger partial charge in [0.2, 0.25) is 0 Å². The molecule has 3 nitrogen and oxygen atoms in total. The quantitative estimate of drug-likeness (QED) is 0.945. The molecule has 0 unspecified atom stereocenters. The molecule has 0 bridgehead atoms. The summed E-state index contributed by atoms with van der Waals surface area (Å²) in [6, 6.07) is 8.27. The maximum Gasteiger partial charge on any atom is 0.0659 e. The maximum absolute atomic E-state index is 5.64. The van der Waals surface area contributed by atoms with Crippen molar-refractivity contribution < 1.29 is 0 Å². The highest BCUT2D eigenvalue weighted by molar-refractivity contribution is 9.10. The van der Waals surface area contributed by atoms with Crippen molar-refractivity contribution in [1.82, 2.24) is 9.78 Å². The SMILES string of the molecule is NCc1ccc(-n2ccc(C3CC3)n2)cc1Br. The smallest absolute Gasteiger partial charge is 0.0659 e. The van der Waals surface area contributed by atoms with Crippen LogP contribution in [0.3, 0.4) is 0 Å². The summed E-state index contributed by atoms with van der Waals surface area (Å²) in [7, 11) is 0. The first-order valence-corrected chi connectivity index (χ1v) is 6.61. The molecule has 17 heavy (non-hydrogen) atoms. The van der Waals surface area contributed by atoms with Crippen LogP contribution in [-0.2, 0) is 6.54 Å². The molecule has 1 fully saturated rings. The Balaban J connectivity index is 1.93. The van der Waals surface area contributed by atoms with Gasteiger partial charge in [0.25, 0.3) is 0 Å². The predicted molar refractivity (Wildman–Crippen MR) is 71.1 cm³/mol. The second-order valence-electron chi connectivity index (χ2n) is 4.44. The van der Waals surface area contributed by atoms with Crippen LogP contribution in [0.25, 0.3) is 5.69 Å². The number of nitrogens with two attached hydrogens (primary N) is 1. The zero-order valence-electron chi connectivity index (χ0n) is 9.44. The van der Waals surface area contributed by atoms with Crippen molar-refractivity contribution in [2.45, 2.75) is 25.3 Å². The van der Waals surface area contributed by atoms with Gasteiger partial charge in [-0.15, -0.1) is 0 Å². The Bertz CT molecular complexity index is 543. The normalized spacial score (nSPS) is 15.2. The van der Waals surface area contributed by atoms with E-state index in [1.807, 2.05) is 16.9 Å². The summed E-state index contributed by atoms with van der Waals surface area (Å²) in [6.45, 7) is 0.549. The third kappa shape index (κ3) is 2.15. The third-order valence-corrected chi connectivity index (χ3v) is 3.86. The minimum atomic E-state index is 0.549. The van der Waals surface area contributed by atoms with E-state index in [9.17, 15) is 0 Å². The Morgan fingerprint density at radius 3 is 2.82 bits per heavy atom. The van der Waals surface area contributed by atoms with E-state index in [2.05, 4.69) is 39.2 Å². The van der Waals surface area contributed by atoms with Crippen molar-refractivity contribution in [2.24, 2.45) is 5.73 Å². The molecule has 1 aromatic heterocycles. The molecule has 88 valence electrons. The van der Waals surface area contributed by atoms with Gasteiger partial charge in [0.05, 0.1) is 11.4 Å². The van der Waals surface area contributed by atoms with Crippen LogP contribution in [0.5, 0.6) is 0 Å². The van der Waals surface area contributed by atoms with Crippen molar-refractivity contribution in [2.75, 3.05) is 0 Å². The highest BCUT2D eigenvalue weighted by Gasteiger charge is 2.25. The minimum absolute atomic E-state index is 0.549. The van der Waals surface area contributed by atoms with Gasteiger partial charge in [-0.25, -0.2) is 4.68 Å². The lowest BCUT2D eigenvalue weighted by Gasteiger charge is -2.05. The largest absolute Gasteiger partial charge is 0.326 e. The Morgan fingerprint density at radius 1 is 1.35 bits per heavy atom. The Morgan fingerprint density at radius 2 is 2.18 bits per heavy atom. The van der Waals surface area contributed by atoms with Crippen molar-refractivity contribution in [1.29, 1.82) is 0 Å². The Labute approximate surface area is 109 Å². The monoisotopic (exact) mass is 291 g/mol. The Hall–Kier alpha value is -1.13. The second kappa shape index (κ2) is 4.27. The average molecular weight is 292 g/mol. The molecule has 0 amide bonds. The summed E-state index contributed by atoms with van der Waals surface area (Å²) in [6.07, 6.45) is 4.59. The lowest BCUT2D eigenvalue weighted by Crippen LogP contribution is -2.00. The number of hydrogen-bond donors (Lipinski definition) is 1. The summed E-state index contributed by atoms with van der Waals surface area (Å²) in [5.74, 6) is 0.697. The number of nitrogens with zero attached hydrogens (tertiary/aromatic N) is 2. The minimum Gasteiger partial charge on any atom is -0.326 e. The molecule has 1 saturated carbocycles. The zero-order chi connectivity index (χ0) is 11.8. The molecular weight excluding hydrogens is 278 g/mol. The van der Waals surface area contributed by atoms with E-state index >= 15 is 0 Å². The zero-order valence-corrected chi connectivity index (χ0v) is 11.0. The van der Waals surface area contributed by atoms with E-state index in [4.69, 9.17) is 5.73 Å². The first-order chi connectivity index (χ1) is 8.28. The third-order valence-electron chi connectivity index (χ3n) is 3.13. The molecule has 1 aromatic carbocycles. The van der Waals surface area contributed by atoms with Crippen LogP contribution in [0.15, 0.2) is 34.9 Å². The second-order valence-corrected chi connectivity index (χ2v) is 5.29. The molecule has 0 atom stereocenters. The molecule has 2 N–H and O–H groups in total. The number of halogens is 1. The van der Waals surface area contributed by atoms with Crippen molar-refractivity contribution in [3.8, 4) is 5.69 Å². The summed E-state index contributed by atoms with van der Waals surface area (Å²) < 4.78 is 2.97. The Kier molecular flexibility index (Phi) is 2.76. The van der Waals surface area contributed by atoms with Crippen molar-refractivity contribution >= 4 is 15.9 Å². The number of rotatable bonds is 3. The van der Waals surface area contributed by atoms with Crippen LogP contribution in [0.1, 0.15) is 30.0 Å². The first kappa shape index (κ1) is 11.0. The molecule has 0 spiro atoms. The molecule has 1 aliphatic carbocycles. The standard InChI is InChI=1S/C13H14BrN3/c14-12-7-11(4-3-10(12)8-15)17-6-5-13(16-17)9-1-2-9/h3-7,9H,1-2,8,15H2. The number of hydrogen-bond acceptors (Lipinski definition) is 2. The van der Waals surface area contributed by atoms with Gasteiger partial charge in [0.1, 0.15) is 0 Å². The topological polar surface area (TPSA) is 43.8 Å². The molecule has 0 aliphatic heterocycles. The van der Waals surface area contributed by atoms with Crippen LogP contribution in [0, 0.1) is 0 Å². The molecule has 3 rings (SSSR count). The van der Waals surface area contributed by atoms with E-state index in [-0.39, 0.29) is 0 Å². The fraction of sp³-hybridized carbons (Fsp3) is 0.308. The molecule has 4 heteroatoms. The fourth-order valence-corrected chi connectivity index (χ4v) is 2.45.